The lowest BCUT2D eigenvalue weighted by Crippen LogP contribution is -2.46. The third-order valence-corrected chi connectivity index (χ3v) is 3.75. The quantitative estimate of drug-likeness (QED) is 0.840. The van der Waals surface area contributed by atoms with E-state index in [9.17, 15) is 23.1 Å². The normalized spacial score (nSPS) is 14.0. The van der Waals surface area contributed by atoms with Crippen LogP contribution >= 0.6 is 11.6 Å². The lowest BCUT2D eigenvalue weighted by atomic mass is 9.97. The van der Waals surface area contributed by atoms with E-state index in [0.717, 1.165) is 10.8 Å². The highest BCUT2D eigenvalue weighted by Gasteiger charge is 2.58. The predicted octanol–water partition coefficient (Wildman–Crippen LogP) is 2.86. The summed E-state index contributed by atoms with van der Waals surface area (Å²) in [5.41, 5.74) is -3.36. The molecule has 0 aliphatic carbocycles. The van der Waals surface area contributed by atoms with Gasteiger partial charge in [0.15, 0.2) is 5.82 Å². The number of halogens is 4. The van der Waals surface area contributed by atoms with Gasteiger partial charge in [-0.25, -0.2) is 4.98 Å². The first-order valence-corrected chi connectivity index (χ1v) is 7.36. The monoisotopic (exact) mass is 377 g/mol. The molecule has 0 aliphatic heterocycles. The van der Waals surface area contributed by atoms with Crippen molar-refractivity contribution in [1.29, 1.82) is 0 Å². The smallest absolute Gasteiger partial charge is 0.425 e. The molecule has 0 bridgehead atoms. The Morgan fingerprint density at radius 3 is 2.64 bits per heavy atom. The van der Waals surface area contributed by atoms with Crippen molar-refractivity contribution in [3.8, 4) is 5.75 Å². The molecule has 1 aromatic carbocycles. The van der Waals surface area contributed by atoms with Crippen molar-refractivity contribution in [2.24, 2.45) is 7.05 Å². The fraction of sp³-hybridized carbons (Fsp3) is 0.333. The molecule has 6 nitrogen and oxygen atoms in total. The highest BCUT2D eigenvalue weighted by Crippen LogP contribution is 2.41. The molecule has 2 rings (SSSR count). The van der Waals surface area contributed by atoms with Crippen LogP contribution in [0.3, 0.4) is 0 Å². The average Bonchev–Trinajstić information content (AvgIpc) is 2.92. The topological polar surface area (TPSA) is 76.4 Å². The Morgan fingerprint density at radius 1 is 1.44 bits per heavy atom. The van der Waals surface area contributed by atoms with E-state index in [1.54, 1.807) is 0 Å². The van der Waals surface area contributed by atoms with E-state index in [-0.39, 0.29) is 16.5 Å². The van der Waals surface area contributed by atoms with Crippen molar-refractivity contribution in [3.05, 3.63) is 41.4 Å². The summed E-state index contributed by atoms with van der Waals surface area (Å²) in [6.07, 6.45) is -4.05. The summed E-state index contributed by atoms with van der Waals surface area (Å²) >= 11 is 5.82. The third-order valence-electron chi connectivity index (χ3n) is 3.51. The predicted molar refractivity (Wildman–Crippen MR) is 84.4 cm³/mol. The van der Waals surface area contributed by atoms with Crippen LogP contribution in [-0.4, -0.2) is 33.9 Å². The Bertz CT molecular complexity index is 779. The number of hydrogen-bond donors (Lipinski definition) is 2. The number of carbonyl (C=O) groups is 1. The number of aryl methyl sites for hydroxylation is 1. The van der Waals surface area contributed by atoms with Crippen LogP contribution in [0.1, 0.15) is 12.2 Å². The average molecular weight is 378 g/mol. The summed E-state index contributed by atoms with van der Waals surface area (Å²) in [6, 6.07) is 4.27. The molecule has 1 atom stereocenters. The molecule has 10 heteroatoms. The van der Waals surface area contributed by atoms with Crippen molar-refractivity contribution in [1.82, 2.24) is 9.55 Å². The fourth-order valence-electron chi connectivity index (χ4n) is 2.27. The second-order valence-corrected chi connectivity index (χ2v) is 5.73. The van der Waals surface area contributed by atoms with Gasteiger partial charge in [0.1, 0.15) is 5.75 Å². The molecule has 0 unspecified atom stereocenters. The number of nitrogens with one attached hydrogen (secondary N) is 1. The van der Waals surface area contributed by atoms with Crippen LogP contribution in [0.15, 0.2) is 30.6 Å². The number of nitrogens with zero attached hydrogens (tertiary/aromatic N) is 2. The molecular weight excluding hydrogens is 363 g/mol. The van der Waals surface area contributed by atoms with Crippen LogP contribution in [0.25, 0.3) is 0 Å². The van der Waals surface area contributed by atoms with Gasteiger partial charge < -0.3 is 19.7 Å². The first kappa shape index (κ1) is 19.1. The molecule has 1 aromatic heterocycles. The van der Waals surface area contributed by atoms with Gasteiger partial charge in [0.2, 0.25) is 11.5 Å². The van der Waals surface area contributed by atoms with Gasteiger partial charge in [-0.3, -0.25) is 4.79 Å². The standard InChI is InChI=1S/C15H15ClF3N3O3/c1-22-6-5-20-13(22)14(24,15(17,18)19)8-12(23)21-10-7-9(16)3-4-11(10)25-2/h3-7,24H,8H2,1-2H3,(H,21,23)/t14-/m1/s1. The van der Waals surface area contributed by atoms with Gasteiger partial charge in [0.25, 0.3) is 0 Å². The first-order valence-electron chi connectivity index (χ1n) is 6.99. The molecule has 2 aromatic rings. The van der Waals surface area contributed by atoms with Crippen molar-refractivity contribution in [2.75, 3.05) is 12.4 Å². The molecule has 136 valence electrons. The number of methoxy groups -OCH3 is 1. The first-order chi connectivity index (χ1) is 11.6. The summed E-state index contributed by atoms with van der Waals surface area (Å²) in [5.74, 6) is -1.55. The van der Waals surface area contributed by atoms with Gasteiger partial charge in [0, 0.05) is 24.5 Å². The van der Waals surface area contributed by atoms with E-state index in [4.69, 9.17) is 16.3 Å². The maximum absolute atomic E-state index is 13.4. The number of aromatic nitrogens is 2. The zero-order chi connectivity index (χ0) is 18.8. The van der Waals surface area contributed by atoms with Gasteiger partial charge in [-0.05, 0) is 18.2 Å². The molecule has 1 amide bonds. The Labute approximate surface area is 146 Å². The Kier molecular flexibility index (Phi) is 5.28. The Balaban J connectivity index is 2.30. The molecule has 0 fully saturated rings. The van der Waals surface area contributed by atoms with Crippen molar-refractivity contribution in [3.63, 3.8) is 0 Å². The van der Waals surface area contributed by atoms with Crippen molar-refractivity contribution in [2.45, 2.75) is 18.2 Å². The number of aliphatic hydroxyl groups is 1. The molecule has 0 saturated heterocycles. The van der Waals surface area contributed by atoms with Gasteiger partial charge in [-0.1, -0.05) is 11.6 Å². The van der Waals surface area contributed by atoms with Crippen LogP contribution in [0, 0.1) is 0 Å². The number of carbonyl (C=O) groups excluding carboxylic acids is 1. The SMILES string of the molecule is COc1ccc(Cl)cc1NC(=O)C[C@@](O)(c1nccn1C)C(F)(F)F. The lowest BCUT2D eigenvalue weighted by Gasteiger charge is -2.29. The number of rotatable bonds is 5. The van der Waals surface area contributed by atoms with Gasteiger partial charge >= 0.3 is 6.18 Å². The minimum Gasteiger partial charge on any atom is -0.495 e. The summed E-state index contributed by atoms with van der Waals surface area (Å²) in [6.45, 7) is 0. The summed E-state index contributed by atoms with van der Waals surface area (Å²) in [4.78, 5) is 15.7. The summed E-state index contributed by atoms with van der Waals surface area (Å²) in [7, 11) is 2.62. The van der Waals surface area contributed by atoms with Crippen LogP contribution in [-0.2, 0) is 17.4 Å². The zero-order valence-corrected chi connectivity index (χ0v) is 14.0. The zero-order valence-electron chi connectivity index (χ0n) is 13.3. The molecule has 2 N–H and O–H groups in total. The summed E-state index contributed by atoms with van der Waals surface area (Å²) < 4.78 is 46.3. The largest absolute Gasteiger partial charge is 0.495 e. The Hall–Kier alpha value is -2.26. The molecule has 0 spiro atoms. The number of alkyl halides is 3. The highest BCUT2D eigenvalue weighted by atomic mass is 35.5. The van der Waals surface area contributed by atoms with Gasteiger partial charge in [0.05, 0.1) is 19.2 Å². The van der Waals surface area contributed by atoms with E-state index in [1.807, 2.05) is 0 Å². The van der Waals surface area contributed by atoms with Gasteiger partial charge in [-0.2, -0.15) is 13.2 Å². The van der Waals surface area contributed by atoms with Crippen LogP contribution in [0.2, 0.25) is 5.02 Å². The van der Waals surface area contributed by atoms with Crippen LogP contribution in [0.5, 0.6) is 5.75 Å². The number of amides is 1. The Morgan fingerprint density at radius 2 is 2.12 bits per heavy atom. The second-order valence-electron chi connectivity index (χ2n) is 5.29. The lowest BCUT2D eigenvalue weighted by molar-refractivity contribution is -0.270. The number of imidazole rings is 1. The van der Waals surface area contributed by atoms with Crippen molar-refractivity contribution >= 4 is 23.2 Å². The second kappa shape index (κ2) is 6.93. The molecule has 1 heterocycles. The minimum absolute atomic E-state index is 0.0874. The fourth-order valence-corrected chi connectivity index (χ4v) is 2.45. The number of anilines is 1. The van der Waals surface area contributed by atoms with E-state index in [1.165, 1.54) is 38.6 Å². The molecule has 0 saturated carbocycles. The minimum atomic E-state index is -5.11. The number of benzene rings is 1. The highest BCUT2D eigenvalue weighted by molar-refractivity contribution is 6.31. The van der Waals surface area contributed by atoms with Crippen molar-refractivity contribution < 1.29 is 27.8 Å². The maximum Gasteiger partial charge on any atom is 0.425 e. The maximum atomic E-state index is 13.4. The molecule has 0 radical (unpaired) electrons. The van der Waals surface area contributed by atoms with E-state index >= 15 is 0 Å². The van der Waals surface area contributed by atoms with Crippen LogP contribution < -0.4 is 10.1 Å². The number of hydrogen-bond acceptors (Lipinski definition) is 4. The van der Waals surface area contributed by atoms with E-state index in [2.05, 4.69) is 10.3 Å². The third kappa shape index (κ3) is 3.88. The number of ether oxygens (including phenoxy) is 1. The molecule has 25 heavy (non-hydrogen) atoms. The molecule has 0 aliphatic rings. The van der Waals surface area contributed by atoms with Gasteiger partial charge in [-0.15, -0.1) is 0 Å². The van der Waals surface area contributed by atoms with Crippen LogP contribution in [0.4, 0.5) is 18.9 Å². The van der Waals surface area contributed by atoms with E-state index in [0.29, 0.717) is 0 Å². The summed E-state index contributed by atoms with van der Waals surface area (Å²) in [5, 5.41) is 12.7. The molecular formula is C15H15ClF3N3O3. The van der Waals surface area contributed by atoms with E-state index < -0.39 is 29.9 Å².